The number of hydrogen-bond acceptors (Lipinski definition) is 4. The third-order valence-corrected chi connectivity index (χ3v) is 3.41. The van der Waals surface area contributed by atoms with Gasteiger partial charge in [0.1, 0.15) is 0 Å². The van der Waals surface area contributed by atoms with Crippen LogP contribution < -0.4 is 5.32 Å². The highest BCUT2D eigenvalue weighted by Gasteiger charge is 2.13. The second-order valence-corrected chi connectivity index (χ2v) is 4.90. The Kier molecular flexibility index (Phi) is 5.03. The summed E-state index contributed by atoms with van der Waals surface area (Å²) in [6.45, 7) is 2.15. The molecule has 5 nitrogen and oxygen atoms in total. The lowest BCUT2D eigenvalue weighted by Gasteiger charge is -2.16. The van der Waals surface area contributed by atoms with Crippen LogP contribution in [0.3, 0.4) is 0 Å². The molecule has 0 heterocycles. The van der Waals surface area contributed by atoms with Crippen LogP contribution >= 0.6 is 0 Å². The van der Waals surface area contributed by atoms with Crippen LogP contribution in [0.25, 0.3) is 0 Å². The largest absolute Gasteiger partial charge is 0.394 e. The van der Waals surface area contributed by atoms with Crippen LogP contribution in [0.2, 0.25) is 0 Å². The molecule has 0 aromatic heterocycles. The number of hydrogen-bond donors (Lipinski definition) is 2. The zero-order chi connectivity index (χ0) is 15.2. The van der Waals surface area contributed by atoms with Crippen LogP contribution in [-0.2, 0) is 6.54 Å². The molecule has 0 aliphatic heterocycles. The first-order valence-electron chi connectivity index (χ1n) is 6.75. The Labute approximate surface area is 123 Å². The molecule has 1 atom stereocenters. The number of nitro groups is 1. The van der Waals surface area contributed by atoms with Gasteiger partial charge in [-0.25, -0.2) is 0 Å². The molecule has 110 valence electrons. The van der Waals surface area contributed by atoms with E-state index in [1.807, 2.05) is 36.4 Å². The summed E-state index contributed by atoms with van der Waals surface area (Å²) in [4.78, 5) is 10.6. The van der Waals surface area contributed by atoms with Crippen LogP contribution in [-0.4, -0.2) is 16.6 Å². The average molecular weight is 286 g/mol. The highest BCUT2D eigenvalue weighted by Crippen LogP contribution is 2.20. The Morgan fingerprint density at radius 3 is 2.57 bits per heavy atom. The van der Waals surface area contributed by atoms with Crippen molar-refractivity contribution in [3.05, 3.63) is 75.3 Å². The number of benzene rings is 2. The number of nitrogens with one attached hydrogen (secondary N) is 1. The SMILES string of the molecule is Cc1ccc(CNC(CO)c2ccccc2)cc1[N+](=O)[O-]. The van der Waals surface area contributed by atoms with Crippen molar-refractivity contribution in [2.75, 3.05) is 6.61 Å². The Bertz CT molecular complexity index is 614. The molecule has 5 heteroatoms. The van der Waals surface area contributed by atoms with Gasteiger partial charge in [0, 0.05) is 18.2 Å². The summed E-state index contributed by atoms with van der Waals surface area (Å²) in [5, 5.41) is 23.6. The van der Waals surface area contributed by atoms with E-state index in [0.717, 1.165) is 11.1 Å². The summed E-state index contributed by atoms with van der Waals surface area (Å²) in [6.07, 6.45) is 0. The lowest BCUT2D eigenvalue weighted by Crippen LogP contribution is -2.24. The zero-order valence-electron chi connectivity index (χ0n) is 11.8. The van der Waals surface area contributed by atoms with Crippen molar-refractivity contribution in [1.29, 1.82) is 0 Å². The summed E-state index contributed by atoms with van der Waals surface area (Å²) in [6, 6.07) is 14.6. The number of nitrogens with zero attached hydrogens (tertiary/aromatic N) is 1. The quantitative estimate of drug-likeness (QED) is 0.632. The van der Waals surface area contributed by atoms with E-state index in [-0.39, 0.29) is 23.3 Å². The third kappa shape index (κ3) is 3.87. The third-order valence-electron chi connectivity index (χ3n) is 3.41. The van der Waals surface area contributed by atoms with Gasteiger partial charge < -0.3 is 10.4 Å². The minimum atomic E-state index is -0.375. The number of nitro benzene ring substituents is 1. The van der Waals surface area contributed by atoms with E-state index in [0.29, 0.717) is 12.1 Å². The summed E-state index contributed by atoms with van der Waals surface area (Å²) < 4.78 is 0. The van der Waals surface area contributed by atoms with Gasteiger partial charge >= 0.3 is 0 Å². The summed E-state index contributed by atoms with van der Waals surface area (Å²) in [5.41, 5.74) is 2.57. The molecular formula is C16H18N2O3. The standard InChI is InChI=1S/C16H18N2O3/c1-12-7-8-13(9-16(12)18(20)21)10-17-15(11-19)14-5-3-2-4-6-14/h2-9,15,17,19H,10-11H2,1H3. The van der Waals surface area contributed by atoms with E-state index in [2.05, 4.69) is 5.32 Å². The average Bonchev–Trinajstić information content (AvgIpc) is 2.50. The Balaban J connectivity index is 2.08. The van der Waals surface area contributed by atoms with Crippen molar-refractivity contribution >= 4 is 5.69 Å². The first-order valence-corrected chi connectivity index (χ1v) is 6.75. The normalized spacial score (nSPS) is 12.1. The van der Waals surface area contributed by atoms with E-state index >= 15 is 0 Å². The van der Waals surface area contributed by atoms with E-state index < -0.39 is 0 Å². The van der Waals surface area contributed by atoms with Gasteiger partial charge in [0.15, 0.2) is 0 Å². The molecular weight excluding hydrogens is 268 g/mol. The first-order chi connectivity index (χ1) is 10.1. The molecule has 0 aliphatic rings. The van der Waals surface area contributed by atoms with Crippen molar-refractivity contribution in [1.82, 2.24) is 5.32 Å². The molecule has 0 fully saturated rings. The monoisotopic (exact) mass is 286 g/mol. The Morgan fingerprint density at radius 1 is 1.24 bits per heavy atom. The van der Waals surface area contributed by atoms with Crippen LogP contribution in [0, 0.1) is 17.0 Å². The van der Waals surface area contributed by atoms with Crippen molar-refractivity contribution in [3.8, 4) is 0 Å². The topological polar surface area (TPSA) is 75.4 Å². The lowest BCUT2D eigenvalue weighted by atomic mass is 10.1. The van der Waals surface area contributed by atoms with Gasteiger partial charge in [-0.05, 0) is 18.1 Å². The van der Waals surface area contributed by atoms with E-state index in [9.17, 15) is 15.2 Å². The fourth-order valence-corrected chi connectivity index (χ4v) is 2.18. The van der Waals surface area contributed by atoms with Crippen LogP contribution in [0.1, 0.15) is 22.7 Å². The smallest absolute Gasteiger partial charge is 0.272 e. The molecule has 0 bridgehead atoms. The first kappa shape index (κ1) is 15.2. The highest BCUT2D eigenvalue weighted by atomic mass is 16.6. The van der Waals surface area contributed by atoms with Gasteiger partial charge in [-0.2, -0.15) is 0 Å². The van der Waals surface area contributed by atoms with Crippen molar-refractivity contribution in [3.63, 3.8) is 0 Å². The summed E-state index contributed by atoms with van der Waals surface area (Å²) >= 11 is 0. The van der Waals surface area contributed by atoms with Gasteiger partial charge in [0.2, 0.25) is 0 Å². The molecule has 0 saturated carbocycles. The van der Waals surface area contributed by atoms with Crippen molar-refractivity contribution < 1.29 is 10.0 Å². The minimum Gasteiger partial charge on any atom is -0.394 e. The van der Waals surface area contributed by atoms with Crippen molar-refractivity contribution in [2.45, 2.75) is 19.5 Å². The maximum absolute atomic E-state index is 10.9. The number of aryl methyl sites for hydroxylation is 1. The summed E-state index contributed by atoms with van der Waals surface area (Å²) in [7, 11) is 0. The van der Waals surface area contributed by atoms with Crippen LogP contribution in [0.5, 0.6) is 0 Å². The molecule has 0 aliphatic carbocycles. The zero-order valence-corrected chi connectivity index (χ0v) is 11.8. The van der Waals surface area contributed by atoms with Crippen LogP contribution in [0.15, 0.2) is 48.5 Å². The number of aliphatic hydroxyl groups excluding tert-OH is 1. The molecule has 2 aromatic carbocycles. The lowest BCUT2D eigenvalue weighted by molar-refractivity contribution is -0.385. The molecule has 0 spiro atoms. The molecule has 0 amide bonds. The van der Waals surface area contributed by atoms with Gasteiger partial charge in [-0.15, -0.1) is 0 Å². The molecule has 2 N–H and O–H groups in total. The van der Waals surface area contributed by atoms with Gasteiger partial charge in [0.25, 0.3) is 5.69 Å². The van der Waals surface area contributed by atoms with Gasteiger partial charge in [-0.3, -0.25) is 10.1 Å². The predicted molar refractivity (Wildman–Crippen MR) is 80.9 cm³/mol. The molecule has 0 radical (unpaired) electrons. The number of aliphatic hydroxyl groups is 1. The maximum Gasteiger partial charge on any atom is 0.272 e. The fraction of sp³-hybridized carbons (Fsp3) is 0.250. The second-order valence-electron chi connectivity index (χ2n) is 4.90. The molecule has 21 heavy (non-hydrogen) atoms. The van der Waals surface area contributed by atoms with E-state index in [1.165, 1.54) is 0 Å². The molecule has 2 rings (SSSR count). The molecule has 2 aromatic rings. The molecule has 1 unspecified atom stereocenters. The Morgan fingerprint density at radius 2 is 1.95 bits per heavy atom. The van der Waals surface area contributed by atoms with Crippen molar-refractivity contribution in [2.24, 2.45) is 0 Å². The molecule has 0 saturated heterocycles. The number of rotatable bonds is 6. The summed E-state index contributed by atoms with van der Waals surface area (Å²) in [5.74, 6) is 0. The highest BCUT2D eigenvalue weighted by molar-refractivity contribution is 5.42. The Hall–Kier alpha value is -2.24. The minimum absolute atomic E-state index is 0.0298. The van der Waals surface area contributed by atoms with Crippen LogP contribution in [0.4, 0.5) is 5.69 Å². The van der Waals surface area contributed by atoms with Gasteiger partial charge in [-0.1, -0.05) is 42.5 Å². The van der Waals surface area contributed by atoms with Gasteiger partial charge in [0.05, 0.1) is 17.6 Å². The predicted octanol–water partition coefficient (Wildman–Crippen LogP) is 2.73. The second kappa shape index (κ2) is 6.97. The van der Waals surface area contributed by atoms with E-state index in [1.54, 1.807) is 19.1 Å². The maximum atomic E-state index is 10.9. The fourth-order valence-electron chi connectivity index (χ4n) is 2.18. The van der Waals surface area contributed by atoms with E-state index in [4.69, 9.17) is 0 Å².